The Morgan fingerprint density at radius 3 is 2.72 bits per heavy atom. The molecule has 1 amide bonds. The lowest BCUT2D eigenvalue weighted by atomic mass is 10.1. The monoisotopic (exact) mass is 387 g/mol. The zero-order valence-corrected chi connectivity index (χ0v) is 16.1. The summed E-state index contributed by atoms with van der Waals surface area (Å²) in [6.07, 6.45) is 5.26. The molecule has 0 radical (unpaired) electrons. The molecule has 6 heteroatoms. The Morgan fingerprint density at radius 1 is 1.17 bits per heavy atom. The lowest BCUT2D eigenvalue weighted by Crippen LogP contribution is -2.20. The Labute approximate surface area is 169 Å². The molecule has 1 heterocycles. The average Bonchev–Trinajstić information content (AvgIpc) is 3.09. The first-order valence-electron chi connectivity index (χ1n) is 9.23. The number of fused-ring (bicyclic) bond motifs is 1. The van der Waals surface area contributed by atoms with Crippen molar-refractivity contribution in [2.45, 2.75) is 19.9 Å². The number of amides is 1. The molecule has 0 saturated heterocycles. The molecule has 0 fully saturated rings. The van der Waals surface area contributed by atoms with Crippen LogP contribution in [0.5, 0.6) is 0 Å². The number of carbonyl (C=O) groups excluding carboxylic acids is 2. The van der Waals surface area contributed by atoms with Crippen LogP contribution in [0.15, 0.2) is 60.8 Å². The fourth-order valence-electron chi connectivity index (χ4n) is 3.01. The predicted octanol–water partition coefficient (Wildman–Crippen LogP) is 4.06. The summed E-state index contributed by atoms with van der Waals surface area (Å²) < 4.78 is 7.02. The van der Waals surface area contributed by atoms with Gasteiger partial charge in [-0.2, -0.15) is 5.26 Å². The normalized spacial score (nSPS) is 10.8. The van der Waals surface area contributed by atoms with E-state index in [2.05, 4.69) is 11.4 Å². The maximum atomic E-state index is 12.0. The summed E-state index contributed by atoms with van der Waals surface area (Å²) in [5.41, 5.74) is 3.46. The van der Waals surface area contributed by atoms with Gasteiger partial charge in [0.1, 0.15) is 0 Å². The lowest BCUT2D eigenvalue weighted by molar-refractivity contribution is -0.142. The summed E-state index contributed by atoms with van der Waals surface area (Å²) in [5.74, 6) is -0.993. The molecule has 6 nitrogen and oxygen atoms in total. The van der Waals surface area contributed by atoms with Crippen LogP contribution in [0.1, 0.15) is 17.5 Å². The van der Waals surface area contributed by atoms with Crippen LogP contribution in [0.2, 0.25) is 0 Å². The van der Waals surface area contributed by atoms with Gasteiger partial charge in [-0.1, -0.05) is 36.4 Å². The zero-order chi connectivity index (χ0) is 20.6. The van der Waals surface area contributed by atoms with Crippen LogP contribution >= 0.6 is 0 Å². The molecule has 1 aromatic heterocycles. The van der Waals surface area contributed by atoms with Gasteiger partial charge >= 0.3 is 5.97 Å². The van der Waals surface area contributed by atoms with Gasteiger partial charge in [-0.3, -0.25) is 4.79 Å². The molecule has 146 valence electrons. The molecule has 29 heavy (non-hydrogen) atoms. The molecule has 2 aromatic carbocycles. The Kier molecular flexibility index (Phi) is 6.43. The predicted molar refractivity (Wildman–Crippen MR) is 112 cm³/mol. The first-order chi connectivity index (χ1) is 14.1. The summed E-state index contributed by atoms with van der Waals surface area (Å²) in [5, 5.41) is 12.5. The summed E-state index contributed by atoms with van der Waals surface area (Å²) in [7, 11) is 0. The molecular formula is C23H21N3O3. The molecule has 0 saturated carbocycles. The highest BCUT2D eigenvalue weighted by molar-refractivity contribution is 5.97. The number of nitrogens with one attached hydrogen (secondary N) is 1. The van der Waals surface area contributed by atoms with E-state index in [-0.39, 0.29) is 6.61 Å². The van der Waals surface area contributed by atoms with Gasteiger partial charge in [0.25, 0.3) is 5.91 Å². The third-order valence-corrected chi connectivity index (χ3v) is 4.45. The summed E-state index contributed by atoms with van der Waals surface area (Å²) in [6, 6.07) is 17.3. The van der Waals surface area contributed by atoms with E-state index < -0.39 is 11.9 Å². The number of nitrogens with zero attached hydrogens (tertiary/aromatic N) is 2. The smallest absolute Gasteiger partial charge is 0.331 e. The highest BCUT2D eigenvalue weighted by Gasteiger charge is 2.09. The van der Waals surface area contributed by atoms with Gasteiger partial charge in [0.2, 0.25) is 0 Å². The average molecular weight is 387 g/mol. The maximum Gasteiger partial charge on any atom is 0.331 e. The molecule has 0 bridgehead atoms. The van der Waals surface area contributed by atoms with Crippen molar-refractivity contribution in [3.05, 3.63) is 71.9 Å². The number of benzene rings is 2. The quantitative estimate of drug-likeness (QED) is 0.489. The van der Waals surface area contributed by atoms with Gasteiger partial charge in [-0.15, -0.1) is 0 Å². The Bertz CT molecular complexity index is 1110. The SMILES string of the molecule is Cc1ccccc1NC(=O)COC(=O)/C=C/c1cn(CCC#N)c2ccccc12. The number of hydrogen-bond donors (Lipinski definition) is 1. The highest BCUT2D eigenvalue weighted by Crippen LogP contribution is 2.23. The second-order valence-electron chi connectivity index (χ2n) is 6.51. The van der Waals surface area contributed by atoms with Gasteiger partial charge in [0.05, 0.1) is 12.5 Å². The van der Waals surface area contributed by atoms with Crippen molar-refractivity contribution in [2.24, 2.45) is 0 Å². The highest BCUT2D eigenvalue weighted by atomic mass is 16.5. The number of rotatable bonds is 7. The van der Waals surface area contributed by atoms with E-state index in [1.54, 1.807) is 12.1 Å². The van der Waals surface area contributed by atoms with Crippen LogP contribution in [0.4, 0.5) is 5.69 Å². The fraction of sp³-hybridized carbons (Fsp3) is 0.174. The molecule has 0 aliphatic rings. The third-order valence-electron chi connectivity index (χ3n) is 4.45. The molecule has 0 unspecified atom stereocenters. The molecule has 3 aromatic rings. The van der Waals surface area contributed by atoms with E-state index in [1.807, 2.05) is 60.2 Å². The van der Waals surface area contributed by atoms with Gasteiger partial charge in [0, 0.05) is 41.0 Å². The summed E-state index contributed by atoms with van der Waals surface area (Å²) in [6.45, 7) is 2.10. The Balaban J connectivity index is 1.61. The van der Waals surface area contributed by atoms with Crippen LogP contribution in [0, 0.1) is 18.3 Å². The summed E-state index contributed by atoms with van der Waals surface area (Å²) >= 11 is 0. The first-order valence-corrected chi connectivity index (χ1v) is 9.23. The summed E-state index contributed by atoms with van der Waals surface area (Å²) in [4.78, 5) is 24.0. The molecule has 0 aliphatic heterocycles. The van der Waals surface area contributed by atoms with Crippen molar-refractivity contribution in [1.82, 2.24) is 4.57 Å². The maximum absolute atomic E-state index is 12.0. The van der Waals surface area contributed by atoms with E-state index in [9.17, 15) is 9.59 Å². The number of nitriles is 1. The van der Waals surface area contributed by atoms with Crippen molar-refractivity contribution in [3.8, 4) is 6.07 Å². The topological polar surface area (TPSA) is 84.1 Å². The second kappa shape index (κ2) is 9.38. The standard InChI is InChI=1S/C23H21N3O3/c1-17-7-2-4-9-20(17)25-22(27)16-29-23(28)12-11-18-15-26(14-6-13-24)21-10-5-3-8-19(18)21/h2-5,7-12,15H,6,14,16H2,1H3,(H,25,27)/b12-11+. The number of esters is 1. The molecular weight excluding hydrogens is 366 g/mol. The lowest BCUT2D eigenvalue weighted by Gasteiger charge is -2.07. The second-order valence-corrected chi connectivity index (χ2v) is 6.51. The molecule has 0 aliphatic carbocycles. The fourth-order valence-corrected chi connectivity index (χ4v) is 3.01. The minimum Gasteiger partial charge on any atom is -0.452 e. The van der Waals surface area contributed by atoms with Crippen LogP contribution in [-0.2, 0) is 20.9 Å². The minimum absolute atomic E-state index is 0.360. The van der Waals surface area contributed by atoms with Crippen molar-refractivity contribution >= 4 is 34.5 Å². The van der Waals surface area contributed by atoms with Gasteiger partial charge in [0.15, 0.2) is 6.61 Å². The Morgan fingerprint density at radius 2 is 1.93 bits per heavy atom. The van der Waals surface area contributed by atoms with Crippen molar-refractivity contribution in [2.75, 3.05) is 11.9 Å². The van der Waals surface area contributed by atoms with Gasteiger partial charge in [-0.05, 0) is 30.7 Å². The van der Waals surface area contributed by atoms with Gasteiger partial charge in [-0.25, -0.2) is 4.79 Å². The number of hydrogen-bond acceptors (Lipinski definition) is 4. The number of aromatic nitrogens is 1. The number of anilines is 1. The number of para-hydroxylation sites is 2. The van der Waals surface area contributed by atoms with E-state index in [1.165, 1.54) is 6.08 Å². The van der Waals surface area contributed by atoms with Crippen molar-refractivity contribution < 1.29 is 14.3 Å². The van der Waals surface area contributed by atoms with Crippen molar-refractivity contribution in [1.29, 1.82) is 5.26 Å². The third kappa shape index (κ3) is 5.11. The number of ether oxygens (including phenoxy) is 1. The van der Waals surface area contributed by atoms with Crippen LogP contribution in [0.3, 0.4) is 0 Å². The molecule has 0 atom stereocenters. The Hall–Kier alpha value is -3.85. The molecule has 1 N–H and O–H groups in total. The van der Waals surface area contributed by atoms with E-state index in [0.29, 0.717) is 18.7 Å². The number of carbonyl (C=O) groups is 2. The minimum atomic E-state index is -0.598. The number of aryl methyl sites for hydroxylation is 2. The van der Waals surface area contributed by atoms with E-state index in [0.717, 1.165) is 22.0 Å². The van der Waals surface area contributed by atoms with Crippen LogP contribution in [0.25, 0.3) is 17.0 Å². The molecule has 0 spiro atoms. The largest absolute Gasteiger partial charge is 0.452 e. The van der Waals surface area contributed by atoms with Crippen molar-refractivity contribution in [3.63, 3.8) is 0 Å². The van der Waals surface area contributed by atoms with E-state index in [4.69, 9.17) is 10.00 Å². The van der Waals surface area contributed by atoms with Crippen LogP contribution < -0.4 is 5.32 Å². The zero-order valence-electron chi connectivity index (χ0n) is 16.1. The first kappa shape index (κ1) is 19.9. The molecule has 3 rings (SSSR count). The van der Waals surface area contributed by atoms with Gasteiger partial charge < -0.3 is 14.6 Å². The van der Waals surface area contributed by atoms with Crippen LogP contribution in [-0.4, -0.2) is 23.1 Å². The van der Waals surface area contributed by atoms with E-state index >= 15 is 0 Å².